The van der Waals surface area contributed by atoms with E-state index in [1.807, 2.05) is 13.8 Å². The monoisotopic (exact) mass is 426 g/mol. The Hall–Kier alpha value is -2.29. The summed E-state index contributed by atoms with van der Waals surface area (Å²) in [6.45, 7) is 4.11. The number of methoxy groups -OCH3 is 1. The minimum absolute atomic E-state index is 0.0406. The van der Waals surface area contributed by atoms with Crippen molar-refractivity contribution in [2.24, 2.45) is 0 Å². The fourth-order valence-corrected chi connectivity index (χ4v) is 3.59. The number of amides is 1. The van der Waals surface area contributed by atoms with Gasteiger partial charge in [-0.15, -0.1) is 0 Å². The fourth-order valence-electron chi connectivity index (χ4n) is 2.41. The lowest BCUT2D eigenvalue weighted by molar-refractivity contribution is -0.116. The summed E-state index contributed by atoms with van der Waals surface area (Å²) in [7, 11) is -2.24. The molecule has 2 aromatic carbocycles. The Kier molecular flexibility index (Phi) is 7.68. The highest BCUT2D eigenvalue weighted by Crippen LogP contribution is 2.31. The SMILES string of the molecule is CCOc1ccc(S(=O)(=O)NCCC(=O)Nc2cc(C)c(Cl)cc2OC)cc1. The van der Waals surface area contributed by atoms with Crippen LogP contribution in [0, 0.1) is 6.92 Å². The van der Waals surface area contributed by atoms with Gasteiger partial charge < -0.3 is 14.8 Å². The molecule has 0 bridgehead atoms. The van der Waals surface area contributed by atoms with Crippen LogP contribution in [0.1, 0.15) is 18.9 Å². The Labute approximate surface area is 170 Å². The van der Waals surface area contributed by atoms with Crippen molar-refractivity contribution in [2.45, 2.75) is 25.2 Å². The Morgan fingerprint density at radius 3 is 2.46 bits per heavy atom. The Balaban J connectivity index is 1.93. The van der Waals surface area contributed by atoms with Crippen LogP contribution in [0.3, 0.4) is 0 Å². The first kappa shape index (κ1) is 22.0. The van der Waals surface area contributed by atoms with Crippen LogP contribution in [-0.2, 0) is 14.8 Å². The van der Waals surface area contributed by atoms with Crippen molar-refractivity contribution >= 4 is 33.2 Å². The molecule has 7 nitrogen and oxygen atoms in total. The van der Waals surface area contributed by atoms with E-state index in [0.29, 0.717) is 28.8 Å². The van der Waals surface area contributed by atoms with Crippen molar-refractivity contribution in [3.8, 4) is 11.5 Å². The third-order valence-electron chi connectivity index (χ3n) is 3.84. The zero-order valence-electron chi connectivity index (χ0n) is 15.9. The lowest BCUT2D eigenvalue weighted by atomic mass is 10.2. The number of nitrogens with one attached hydrogen (secondary N) is 2. The highest BCUT2D eigenvalue weighted by Gasteiger charge is 2.15. The lowest BCUT2D eigenvalue weighted by Crippen LogP contribution is -2.27. The van der Waals surface area contributed by atoms with Crippen LogP contribution in [0.25, 0.3) is 0 Å². The standard InChI is InChI=1S/C19H23ClN2O5S/c1-4-27-14-5-7-15(8-6-14)28(24,25)21-10-9-19(23)22-17-11-13(2)16(20)12-18(17)26-3/h5-8,11-12,21H,4,9-10H2,1-3H3,(H,22,23). The van der Waals surface area contributed by atoms with Gasteiger partial charge in [0, 0.05) is 24.1 Å². The van der Waals surface area contributed by atoms with Crippen LogP contribution in [0.5, 0.6) is 11.5 Å². The van der Waals surface area contributed by atoms with Crippen molar-refractivity contribution in [3.63, 3.8) is 0 Å². The van der Waals surface area contributed by atoms with Crippen LogP contribution in [0.4, 0.5) is 5.69 Å². The van der Waals surface area contributed by atoms with Crippen LogP contribution in [0.15, 0.2) is 41.3 Å². The molecule has 2 aromatic rings. The summed E-state index contributed by atoms with van der Waals surface area (Å²) in [6, 6.07) is 9.38. The largest absolute Gasteiger partial charge is 0.495 e. The molecule has 28 heavy (non-hydrogen) atoms. The third-order valence-corrected chi connectivity index (χ3v) is 5.73. The van der Waals surface area contributed by atoms with Crippen molar-refractivity contribution in [1.82, 2.24) is 4.72 Å². The molecule has 0 atom stereocenters. The lowest BCUT2D eigenvalue weighted by Gasteiger charge is -2.12. The van der Waals surface area contributed by atoms with Crippen LogP contribution >= 0.6 is 11.6 Å². The molecule has 0 radical (unpaired) electrons. The molecule has 0 saturated carbocycles. The summed E-state index contributed by atoms with van der Waals surface area (Å²) < 4.78 is 37.5. The van der Waals surface area contributed by atoms with E-state index in [0.717, 1.165) is 5.56 Å². The van der Waals surface area contributed by atoms with Gasteiger partial charge in [0.05, 0.1) is 24.3 Å². The van der Waals surface area contributed by atoms with Crippen LogP contribution in [-0.4, -0.2) is 34.6 Å². The van der Waals surface area contributed by atoms with Crippen LogP contribution in [0.2, 0.25) is 5.02 Å². The third kappa shape index (κ3) is 5.85. The first-order valence-electron chi connectivity index (χ1n) is 8.63. The smallest absolute Gasteiger partial charge is 0.240 e. The number of halogens is 1. The maximum atomic E-state index is 12.3. The van der Waals surface area contributed by atoms with Crippen LogP contribution < -0.4 is 19.5 Å². The van der Waals surface area contributed by atoms with E-state index in [1.54, 1.807) is 24.3 Å². The number of hydrogen-bond acceptors (Lipinski definition) is 5. The predicted molar refractivity (Wildman–Crippen MR) is 109 cm³/mol. The topological polar surface area (TPSA) is 93.7 Å². The molecule has 0 heterocycles. The molecule has 0 aliphatic heterocycles. The van der Waals surface area contributed by atoms with E-state index < -0.39 is 10.0 Å². The van der Waals surface area contributed by atoms with Gasteiger partial charge in [0.15, 0.2) is 0 Å². The van der Waals surface area contributed by atoms with E-state index in [1.165, 1.54) is 19.2 Å². The zero-order valence-corrected chi connectivity index (χ0v) is 17.5. The maximum absolute atomic E-state index is 12.3. The molecule has 0 spiro atoms. The van der Waals surface area contributed by atoms with E-state index >= 15 is 0 Å². The van der Waals surface area contributed by atoms with Crippen molar-refractivity contribution < 1.29 is 22.7 Å². The van der Waals surface area contributed by atoms with Gasteiger partial charge in [-0.3, -0.25) is 4.79 Å². The zero-order chi connectivity index (χ0) is 20.7. The molecule has 0 aliphatic rings. The van der Waals surface area contributed by atoms with Gasteiger partial charge in [-0.1, -0.05) is 11.6 Å². The van der Waals surface area contributed by atoms with E-state index in [-0.39, 0.29) is 23.8 Å². The summed E-state index contributed by atoms with van der Waals surface area (Å²) in [6.07, 6.45) is -0.0406. The molecule has 2 N–H and O–H groups in total. The molecule has 0 fully saturated rings. The Bertz CT molecular complexity index is 930. The maximum Gasteiger partial charge on any atom is 0.240 e. The fraction of sp³-hybridized carbons (Fsp3) is 0.316. The number of carbonyl (C=O) groups is 1. The quantitative estimate of drug-likeness (QED) is 0.641. The van der Waals surface area contributed by atoms with Gasteiger partial charge in [0.25, 0.3) is 0 Å². The molecule has 2 rings (SSSR count). The second-order valence-electron chi connectivity index (χ2n) is 5.90. The van der Waals surface area contributed by atoms with Gasteiger partial charge in [-0.2, -0.15) is 0 Å². The number of ether oxygens (including phenoxy) is 2. The second-order valence-corrected chi connectivity index (χ2v) is 8.08. The number of hydrogen-bond donors (Lipinski definition) is 2. The minimum Gasteiger partial charge on any atom is -0.495 e. The Morgan fingerprint density at radius 2 is 1.86 bits per heavy atom. The number of aryl methyl sites for hydroxylation is 1. The molecule has 1 amide bonds. The highest BCUT2D eigenvalue weighted by atomic mass is 35.5. The summed E-state index contributed by atoms with van der Waals surface area (Å²) in [4.78, 5) is 12.3. The number of sulfonamides is 1. The number of anilines is 1. The summed E-state index contributed by atoms with van der Waals surface area (Å²) in [5.74, 6) is 0.668. The number of carbonyl (C=O) groups excluding carboxylic acids is 1. The normalized spacial score (nSPS) is 11.1. The molecule has 0 saturated heterocycles. The predicted octanol–water partition coefficient (Wildman–Crippen LogP) is 3.36. The van der Waals surface area contributed by atoms with Crippen molar-refractivity contribution in [3.05, 3.63) is 47.0 Å². The van der Waals surface area contributed by atoms with Gasteiger partial charge in [-0.25, -0.2) is 13.1 Å². The van der Waals surface area contributed by atoms with E-state index in [4.69, 9.17) is 21.1 Å². The molecule has 0 unspecified atom stereocenters. The molecular formula is C19H23ClN2O5S. The van der Waals surface area contributed by atoms with Crippen molar-refractivity contribution in [2.75, 3.05) is 25.6 Å². The van der Waals surface area contributed by atoms with E-state index in [2.05, 4.69) is 10.0 Å². The second kappa shape index (κ2) is 9.77. The molecule has 152 valence electrons. The van der Waals surface area contributed by atoms with Gasteiger partial charge >= 0.3 is 0 Å². The highest BCUT2D eigenvalue weighted by molar-refractivity contribution is 7.89. The van der Waals surface area contributed by atoms with Gasteiger partial charge in [0.1, 0.15) is 11.5 Å². The van der Waals surface area contributed by atoms with Gasteiger partial charge in [-0.05, 0) is 49.7 Å². The minimum atomic E-state index is -3.71. The van der Waals surface area contributed by atoms with Gasteiger partial charge in [0.2, 0.25) is 15.9 Å². The number of benzene rings is 2. The molecule has 0 aromatic heterocycles. The molecular weight excluding hydrogens is 404 g/mol. The summed E-state index contributed by atoms with van der Waals surface area (Å²) >= 11 is 6.04. The first-order valence-corrected chi connectivity index (χ1v) is 10.5. The number of rotatable bonds is 9. The average Bonchev–Trinajstić information content (AvgIpc) is 2.65. The summed E-state index contributed by atoms with van der Waals surface area (Å²) in [5, 5.41) is 3.23. The van der Waals surface area contributed by atoms with E-state index in [9.17, 15) is 13.2 Å². The first-order chi connectivity index (χ1) is 13.3. The molecule has 0 aliphatic carbocycles. The average molecular weight is 427 g/mol. The molecule has 9 heteroatoms. The summed E-state index contributed by atoms with van der Waals surface area (Å²) in [5.41, 5.74) is 1.26. The Morgan fingerprint density at radius 1 is 1.18 bits per heavy atom. The van der Waals surface area contributed by atoms with Crippen molar-refractivity contribution in [1.29, 1.82) is 0 Å².